The lowest BCUT2D eigenvalue weighted by atomic mass is 10.1. The Hall–Kier alpha value is -0.360. The van der Waals surface area contributed by atoms with E-state index in [2.05, 4.69) is 0 Å². The molecule has 0 bridgehead atoms. The highest BCUT2D eigenvalue weighted by molar-refractivity contribution is 5.85. The van der Waals surface area contributed by atoms with E-state index in [1.54, 1.807) is 0 Å². The Bertz CT molecular complexity index is 278. The molecule has 1 amide bonds. The second-order valence-electron chi connectivity index (χ2n) is 4.88. The Labute approximate surface area is 114 Å². The van der Waals surface area contributed by atoms with Gasteiger partial charge in [-0.3, -0.25) is 4.79 Å². The molecule has 2 N–H and O–H groups in total. The van der Waals surface area contributed by atoms with Gasteiger partial charge in [-0.15, -0.1) is 12.4 Å². The zero-order valence-electron chi connectivity index (χ0n) is 10.8. The summed E-state index contributed by atoms with van der Waals surface area (Å²) in [5, 5.41) is 0. The molecular weight excluding hydrogens is 256 g/mol. The van der Waals surface area contributed by atoms with Crippen molar-refractivity contribution >= 4 is 18.3 Å². The van der Waals surface area contributed by atoms with E-state index < -0.39 is 0 Å². The van der Waals surface area contributed by atoms with Gasteiger partial charge >= 0.3 is 0 Å². The summed E-state index contributed by atoms with van der Waals surface area (Å²) in [6.45, 7) is 4.69. The Morgan fingerprint density at radius 2 is 2.22 bits per heavy atom. The van der Waals surface area contributed by atoms with Crippen molar-refractivity contribution < 1.29 is 14.3 Å². The van der Waals surface area contributed by atoms with Crippen molar-refractivity contribution in [3.05, 3.63) is 0 Å². The van der Waals surface area contributed by atoms with Gasteiger partial charge in [0.15, 0.2) is 0 Å². The monoisotopic (exact) mass is 278 g/mol. The molecule has 2 heterocycles. The quantitative estimate of drug-likeness (QED) is 0.801. The summed E-state index contributed by atoms with van der Waals surface area (Å²) in [6.07, 6.45) is 2.49. The van der Waals surface area contributed by atoms with Gasteiger partial charge in [0.05, 0.1) is 12.2 Å². The van der Waals surface area contributed by atoms with Crippen LogP contribution >= 0.6 is 12.4 Å². The lowest BCUT2D eigenvalue weighted by Crippen LogP contribution is -2.42. The summed E-state index contributed by atoms with van der Waals surface area (Å²) in [5.74, 6) is 0.110. The first-order chi connectivity index (χ1) is 8.20. The fraction of sp³-hybridized carbons (Fsp3) is 0.917. The van der Waals surface area contributed by atoms with E-state index in [-0.39, 0.29) is 36.6 Å². The van der Waals surface area contributed by atoms with Gasteiger partial charge in [0, 0.05) is 26.2 Å². The van der Waals surface area contributed by atoms with E-state index in [1.807, 2.05) is 11.8 Å². The Morgan fingerprint density at radius 1 is 1.44 bits per heavy atom. The fourth-order valence-corrected chi connectivity index (χ4v) is 2.46. The summed E-state index contributed by atoms with van der Waals surface area (Å²) in [5.41, 5.74) is 5.55. The summed E-state index contributed by atoms with van der Waals surface area (Å²) in [6, 6.07) is 0. The van der Waals surface area contributed by atoms with Crippen LogP contribution < -0.4 is 5.73 Å². The van der Waals surface area contributed by atoms with E-state index in [0.29, 0.717) is 13.1 Å². The van der Waals surface area contributed by atoms with E-state index >= 15 is 0 Å². The second-order valence-corrected chi connectivity index (χ2v) is 4.88. The Morgan fingerprint density at radius 3 is 2.89 bits per heavy atom. The molecule has 0 aliphatic carbocycles. The molecule has 0 aromatic rings. The van der Waals surface area contributed by atoms with Crippen molar-refractivity contribution in [2.24, 2.45) is 5.73 Å². The maximum Gasteiger partial charge on any atom is 0.251 e. The number of nitrogens with two attached hydrogens (primary N) is 1. The highest BCUT2D eigenvalue weighted by Crippen LogP contribution is 2.21. The van der Waals surface area contributed by atoms with Gasteiger partial charge in [0.25, 0.3) is 5.91 Å². The molecule has 0 aromatic carbocycles. The summed E-state index contributed by atoms with van der Waals surface area (Å²) < 4.78 is 11.2. The number of carbonyl (C=O) groups excluding carboxylic acids is 1. The molecule has 2 fully saturated rings. The highest BCUT2D eigenvalue weighted by Gasteiger charge is 2.33. The number of nitrogens with zero attached hydrogens (tertiary/aromatic N) is 1. The lowest BCUT2D eigenvalue weighted by Gasteiger charge is -2.25. The highest BCUT2D eigenvalue weighted by atomic mass is 35.5. The molecule has 3 atom stereocenters. The molecule has 0 saturated carbocycles. The van der Waals surface area contributed by atoms with Gasteiger partial charge in [-0.1, -0.05) is 0 Å². The molecule has 5 nitrogen and oxygen atoms in total. The third-order valence-corrected chi connectivity index (χ3v) is 3.41. The van der Waals surface area contributed by atoms with Crippen molar-refractivity contribution in [2.75, 3.05) is 26.2 Å². The van der Waals surface area contributed by atoms with Gasteiger partial charge in [-0.05, 0) is 26.2 Å². The van der Waals surface area contributed by atoms with Crippen molar-refractivity contribution in [1.29, 1.82) is 0 Å². The van der Waals surface area contributed by atoms with Crippen LogP contribution in [0, 0.1) is 0 Å². The lowest BCUT2D eigenvalue weighted by molar-refractivity contribution is -0.143. The van der Waals surface area contributed by atoms with Crippen LogP contribution in [0.3, 0.4) is 0 Å². The number of amides is 1. The van der Waals surface area contributed by atoms with Gasteiger partial charge < -0.3 is 20.1 Å². The number of hydrogen-bond donors (Lipinski definition) is 1. The number of hydrogen-bond acceptors (Lipinski definition) is 4. The van der Waals surface area contributed by atoms with Crippen molar-refractivity contribution in [2.45, 2.75) is 44.5 Å². The molecule has 2 aliphatic heterocycles. The molecule has 0 spiro atoms. The van der Waals surface area contributed by atoms with Crippen LogP contribution in [-0.2, 0) is 14.3 Å². The van der Waals surface area contributed by atoms with Gasteiger partial charge in [-0.25, -0.2) is 0 Å². The average molecular weight is 279 g/mol. The maximum atomic E-state index is 12.3. The van der Waals surface area contributed by atoms with Gasteiger partial charge in [0.2, 0.25) is 0 Å². The second kappa shape index (κ2) is 7.28. The fourth-order valence-electron chi connectivity index (χ4n) is 2.46. The van der Waals surface area contributed by atoms with Gasteiger partial charge in [0.1, 0.15) is 6.10 Å². The van der Waals surface area contributed by atoms with Crippen LogP contribution in [0.1, 0.15) is 26.2 Å². The van der Waals surface area contributed by atoms with E-state index in [1.165, 1.54) is 0 Å². The molecule has 0 radical (unpaired) electrons. The van der Waals surface area contributed by atoms with Crippen LogP contribution in [0.15, 0.2) is 0 Å². The molecule has 106 valence electrons. The minimum absolute atomic E-state index is 0. The SMILES string of the molecule is CC1CN(C(=O)[C@@H]2CC[C@H](CN)O2)CCCO1.Cl. The van der Waals surface area contributed by atoms with Crippen molar-refractivity contribution in [1.82, 2.24) is 4.90 Å². The number of rotatable bonds is 2. The average Bonchev–Trinajstić information content (AvgIpc) is 2.71. The Balaban J connectivity index is 0.00000162. The summed E-state index contributed by atoms with van der Waals surface area (Å²) >= 11 is 0. The molecule has 2 saturated heterocycles. The molecule has 18 heavy (non-hydrogen) atoms. The summed E-state index contributed by atoms with van der Waals surface area (Å²) in [4.78, 5) is 14.1. The largest absolute Gasteiger partial charge is 0.377 e. The molecule has 2 aliphatic rings. The van der Waals surface area contributed by atoms with Crippen LogP contribution in [0.2, 0.25) is 0 Å². The minimum Gasteiger partial charge on any atom is -0.377 e. The van der Waals surface area contributed by atoms with Crippen LogP contribution in [0.4, 0.5) is 0 Å². The van der Waals surface area contributed by atoms with Crippen LogP contribution in [-0.4, -0.2) is 55.4 Å². The first-order valence-corrected chi connectivity index (χ1v) is 6.46. The predicted molar refractivity (Wildman–Crippen MR) is 70.8 cm³/mol. The van der Waals surface area contributed by atoms with Crippen LogP contribution in [0.25, 0.3) is 0 Å². The number of carbonyl (C=O) groups is 1. The summed E-state index contributed by atoms with van der Waals surface area (Å²) in [7, 11) is 0. The molecule has 6 heteroatoms. The third-order valence-electron chi connectivity index (χ3n) is 3.41. The van der Waals surface area contributed by atoms with E-state index in [9.17, 15) is 4.79 Å². The van der Waals surface area contributed by atoms with E-state index in [4.69, 9.17) is 15.2 Å². The van der Waals surface area contributed by atoms with E-state index in [0.717, 1.165) is 32.4 Å². The Kier molecular flexibility index (Phi) is 6.35. The predicted octanol–water partition coefficient (Wildman–Crippen LogP) is 0.552. The maximum absolute atomic E-state index is 12.3. The first kappa shape index (κ1) is 15.7. The normalized spacial score (nSPS) is 32.8. The van der Waals surface area contributed by atoms with Crippen LogP contribution in [0.5, 0.6) is 0 Å². The molecule has 1 unspecified atom stereocenters. The van der Waals surface area contributed by atoms with Gasteiger partial charge in [-0.2, -0.15) is 0 Å². The zero-order valence-corrected chi connectivity index (χ0v) is 11.7. The topological polar surface area (TPSA) is 64.8 Å². The third kappa shape index (κ3) is 3.82. The molecule has 2 rings (SSSR count). The number of ether oxygens (including phenoxy) is 2. The number of halogens is 1. The smallest absolute Gasteiger partial charge is 0.251 e. The molecular formula is C12H23ClN2O3. The zero-order chi connectivity index (χ0) is 12.3. The first-order valence-electron chi connectivity index (χ1n) is 6.46. The standard InChI is InChI=1S/C12H22N2O3.ClH/c1-9-8-14(5-2-6-16-9)12(15)11-4-3-10(7-13)17-11;/h9-11H,2-8,13H2,1H3;1H/t9?,10-,11+;/m1./s1. The minimum atomic E-state index is -0.283. The van der Waals surface area contributed by atoms with Crippen molar-refractivity contribution in [3.63, 3.8) is 0 Å². The van der Waals surface area contributed by atoms with Crippen molar-refractivity contribution in [3.8, 4) is 0 Å². The molecule has 0 aromatic heterocycles.